The van der Waals surface area contributed by atoms with Gasteiger partial charge in [0.25, 0.3) is 5.91 Å². The quantitative estimate of drug-likeness (QED) is 0.696. The largest absolute Gasteiger partial charge is 0.398 e. The summed E-state index contributed by atoms with van der Waals surface area (Å²) >= 11 is 3.34. The number of rotatable bonds is 2. The Morgan fingerprint density at radius 2 is 1.95 bits per heavy atom. The minimum Gasteiger partial charge on any atom is -0.398 e. The molecule has 4 nitrogen and oxygen atoms in total. The van der Waals surface area contributed by atoms with Crippen LogP contribution in [0.1, 0.15) is 10.4 Å². The molecule has 0 bridgehead atoms. The first kappa shape index (κ1) is 13.6. The predicted octanol–water partition coefficient (Wildman–Crippen LogP) is 3.83. The number of carbonyl (C=O) groups is 1. The van der Waals surface area contributed by atoms with Crippen LogP contribution in [0.5, 0.6) is 0 Å². The molecule has 0 radical (unpaired) electrons. The molecular formula is C16H12BrN3O. The Hall–Kier alpha value is -2.40. The van der Waals surface area contributed by atoms with Crippen molar-refractivity contribution in [2.45, 2.75) is 0 Å². The monoisotopic (exact) mass is 341 g/mol. The summed E-state index contributed by atoms with van der Waals surface area (Å²) in [7, 11) is 0. The molecule has 104 valence electrons. The zero-order chi connectivity index (χ0) is 14.8. The van der Waals surface area contributed by atoms with Gasteiger partial charge in [0.2, 0.25) is 0 Å². The molecule has 0 saturated carbocycles. The van der Waals surface area contributed by atoms with Crippen LogP contribution in [0.4, 0.5) is 11.4 Å². The fraction of sp³-hybridized carbons (Fsp3) is 0. The second-order valence-corrected chi connectivity index (χ2v) is 5.51. The SMILES string of the molecule is Nc1ccc(Br)cc1C(=O)Nc1cncc2ccccc12. The number of halogens is 1. The Labute approximate surface area is 130 Å². The van der Waals surface area contributed by atoms with E-state index in [2.05, 4.69) is 26.2 Å². The number of aromatic nitrogens is 1. The summed E-state index contributed by atoms with van der Waals surface area (Å²) in [5, 5.41) is 4.78. The minimum absolute atomic E-state index is 0.257. The van der Waals surface area contributed by atoms with E-state index in [-0.39, 0.29) is 5.91 Å². The maximum atomic E-state index is 12.4. The van der Waals surface area contributed by atoms with E-state index in [1.807, 2.05) is 24.3 Å². The zero-order valence-electron chi connectivity index (χ0n) is 11.0. The summed E-state index contributed by atoms with van der Waals surface area (Å²) < 4.78 is 0.804. The average molecular weight is 342 g/mol. The van der Waals surface area contributed by atoms with Crippen molar-refractivity contribution in [2.75, 3.05) is 11.1 Å². The van der Waals surface area contributed by atoms with E-state index in [0.717, 1.165) is 15.2 Å². The van der Waals surface area contributed by atoms with E-state index >= 15 is 0 Å². The molecule has 0 aliphatic carbocycles. The maximum Gasteiger partial charge on any atom is 0.257 e. The summed E-state index contributed by atoms with van der Waals surface area (Å²) in [5.41, 5.74) is 7.39. The van der Waals surface area contributed by atoms with E-state index in [1.165, 1.54) is 0 Å². The van der Waals surface area contributed by atoms with E-state index in [1.54, 1.807) is 30.6 Å². The van der Waals surface area contributed by atoms with Gasteiger partial charge in [0.1, 0.15) is 0 Å². The first-order valence-electron chi connectivity index (χ1n) is 6.34. The Morgan fingerprint density at radius 1 is 1.14 bits per heavy atom. The molecule has 0 atom stereocenters. The second-order valence-electron chi connectivity index (χ2n) is 4.59. The lowest BCUT2D eigenvalue weighted by Gasteiger charge is -2.10. The highest BCUT2D eigenvalue weighted by Gasteiger charge is 2.12. The number of hydrogen-bond donors (Lipinski definition) is 2. The first-order chi connectivity index (χ1) is 10.1. The van der Waals surface area contributed by atoms with Gasteiger partial charge in [0.15, 0.2) is 0 Å². The maximum absolute atomic E-state index is 12.4. The molecule has 3 N–H and O–H groups in total. The number of amides is 1. The number of nitrogen functional groups attached to an aromatic ring is 1. The number of nitrogens with one attached hydrogen (secondary N) is 1. The van der Waals surface area contributed by atoms with Crippen molar-refractivity contribution in [2.24, 2.45) is 0 Å². The lowest BCUT2D eigenvalue weighted by molar-refractivity contribution is 0.102. The van der Waals surface area contributed by atoms with Crippen molar-refractivity contribution in [3.8, 4) is 0 Å². The van der Waals surface area contributed by atoms with Crippen molar-refractivity contribution in [1.82, 2.24) is 4.98 Å². The third-order valence-corrected chi connectivity index (χ3v) is 3.67. The molecule has 0 spiro atoms. The van der Waals surface area contributed by atoms with Crippen molar-refractivity contribution in [1.29, 1.82) is 0 Å². The van der Waals surface area contributed by atoms with E-state index in [9.17, 15) is 4.79 Å². The van der Waals surface area contributed by atoms with Crippen LogP contribution >= 0.6 is 15.9 Å². The summed E-state index contributed by atoms with van der Waals surface area (Å²) in [6.45, 7) is 0. The number of fused-ring (bicyclic) bond motifs is 1. The summed E-state index contributed by atoms with van der Waals surface area (Å²) in [4.78, 5) is 16.5. The molecule has 1 aromatic heterocycles. The third-order valence-electron chi connectivity index (χ3n) is 3.18. The molecule has 0 fully saturated rings. The van der Waals surface area contributed by atoms with Gasteiger partial charge in [0, 0.05) is 27.1 Å². The van der Waals surface area contributed by atoms with Crippen LogP contribution in [0, 0.1) is 0 Å². The number of hydrogen-bond acceptors (Lipinski definition) is 3. The Morgan fingerprint density at radius 3 is 2.81 bits per heavy atom. The molecular weight excluding hydrogens is 330 g/mol. The van der Waals surface area contributed by atoms with Crippen LogP contribution in [0.2, 0.25) is 0 Å². The highest BCUT2D eigenvalue weighted by Crippen LogP contribution is 2.24. The summed E-state index contributed by atoms with van der Waals surface area (Å²) in [6, 6.07) is 12.9. The molecule has 0 aliphatic rings. The first-order valence-corrected chi connectivity index (χ1v) is 7.13. The number of anilines is 2. The van der Waals surface area contributed by atoms with Crippen LogP contribution < -0.4 is 11.1 Å². The van der Waals surface area contributed by atoms with Crippen molar-refractivity contribution < 1.29 is 4.79 Å². The topological polar surface area (TPSA) is 68.0 Å². The minimum atomic E-state index is -0.257. The molecule has 0 aliphatic heterocycles. The predicted molar refractivity (Wildman–Crippen MR) is 88.3 cm³/mol. The zero-order valence-corrected chi connectivity index (χ0v) is 12.6. The van der Waals surface area contributed by atoms with Crippen LogP contribution in [0.25, 0.3) is 10.8 Å². The molecule has 2 aromatic carbocycles. The van der Waals surface area contributed by atoms with Crippen LogP contribution in [0.15, 0.2) is 59.3 Å². The molecule has 0 unspecified atom stereocenters. The standard InChI is InChI=1S/C16H12BrN3O/c17-11-5-6-14(18)13(7-11)16(21)20-15-9-19-8-10-3-1-2-4-12(10)15/h1-9H,18H2,(H,20,21). The summed E-state index contributed by atoms with van der Waals surface area (Å²) in [5.74, 6) is -0.257. The molecule has 5 heteroatoms. The molecule has 1 heterocycles. The molecule has 1 amide bonds. The van der Waals surface area contributed by atoms with E-state index < -0.39 is 0 Å². The summed E-state index contributed by atoms with van der Waals surface area (Å²) in [6.07, 6.45) is 3.40. The van der Waals surface area contributed by atoms with Crippen molar-refractivity contribution in [3.63, 3.8) is 0 Å². The highest BCUT2D eigenvalue weighted by molar-refractivity contribution is 9.10. The number of nitrogens with zero attached hydrogens (tertiary/aromatic N) is 1. The molecule has 3 rings (SSSR count). The van der Waals surface area contributed by atoms with Crippen LogP contribution in [0.3, 0.4) is 0 Å². The second kappa shape index (κ2) is 5.54. The highest BCUT2D eigenvalue weighted by atomic mass is 79.9. The average Bonchev–Trinajstić information content (AvgIpc) is 2.50. The third kappa shape index (κ3) is 2.73. The number of benzene rings is 2. The smallest absolute Gasteiger partial charge is 0.257 e. The molecule has 0 saturated heterocycles. The lowest BCUT2D eigenvalue weighted by Crippen LogP contribution is -2.14. The number of carbonyl (C=O) groups excluding carboxylic acids is 1. The molecule has 21 heavy (non-hydrogen) atoms. The van der Waals surface area contributed by atoms with Gasteiger partial charge in [-0.05, 0) is 18.2 Å². The normalized spacial score (nSPS) is 10.5. The Balaban J connectivity index is 1.99. The Bertz CT molecular complexity index is 827. The van der Waals surface area contributed by atoms with Gasteiger partial charge >= 0.3 is 0 Å². The van der Waals surface area contributed by atoms with Gasteiger partial charge in [0.05, 0.1) is 17.4 Å². The molecule has 3 aromatic rings. The lowest BCUT2D eigenvalue weighted by atomic mass is 10.1. The van der Waals surface area contributed by atoms with E-state index in [4.69, 9.17) is 5.73 Å². The van der Waals surface area contributed by atoms with Crippen molar-refractivity contribution >= 4 is 44.0 Å². The van der Waals surface area contributed by atoms with E-state index in [0.29, 0.717) is 16.9 Å². The fourth-order valence-corrected chi connectivity index (χ4v) is 2.49. The van der Waals surface area contributed by atoms with Gasteiger partial charge in [-0.2, -0.15) is 0 Å². The van der Waals surface area contributed by atoms with Crippen molar-refractivity contribution in [3.05, 3.63) is 64.9 Å². The van der Waals surface area contributed by atoms with Gasteiger partial charge < -0.3 is 11.1 Å². The van der Waals surface area contributed by atoms with Gasteiger partial charge in [-0.25, -0.2) is 0 Å². The number of pyridine rings is 1. The van der Waals surface area contributed by atoms with Gasteiger partial charge in [-0.15, -0.1) is 0 Å². The van der Waals surface area contributed by atoms with Crippen LogP contribution in [-0.4, -0.2) is 10.9 Å². The Kier molecular flexibility index (Phi) is 3.58. The number of nitrogens with two attached hydrogens (primary N) is 1. The fourth-order valence-electron chi connectivity index (χ4n) is 2.13. The van der Waals surface area contributed by atoms with Gasteiger partial charge in [-0.3, -0.25) is 9.78 Å². The van der Waals surface area contributed by atoms with Crippen LogP contribution in [-0.2, 0) is 0 Å². The van der Waals surface area contributed by atoms with Gasteiger partial charge in [-0.1, -0.05) is 40.2 Å².